The summed E-state index contributed by atoms with van der Waals surface area (Å²) in [6.45, 7) is 1.23. The normalized spacial score (nSPS) is 16.9. The van der Waals surface area contributed by atoms with E-state index in [1.165, 1.54) is 25.7 Å². The van der Waals surface area contributed by atoms with Crippen LogP contribution in [0.4, 0.5) is 13.2 Å². The van der Waals surface area contributed by atoms with E-state index in [2.05, 4.69) is 10.4 Å². The second-order valence-electron chi connectivity index (χ2n) is 5.47. The van der Waals surface area contributed by atoms with Gasteiger partial charge in [0, 0.05) is 19.2 Å². The van der Waals surface area contributed by atoms with E-state index in [9.17, 15) is 13.2 Å². The van der Waals surface area contributed by atoms with Crippen molar-refractivity contribution in [3.05, 3.63) is 18.0 Å². The minimum atomic E-state index is -4.03. The van der Waals surface area contributed by atoms with E-state index in [1.807, 2.05) is 16.9 Å². The summed E-state index contributed by atoms with van der Waals surface area (Å²) in [5.41, 5.74) is 0.965. The molecule has 6 heteroatoms. The lowest BCUT2D eigenvalue weighted by atomic mass is 10.2. The van der Waals surface area contributed by atoms with Crippen LogP contribution >= 0.6 is 0 Å². The number of halogens is 3. The van der Waals surface area contributed by atoms with E-state index < -0.39 is 12.6 Å². The van der Waals surface area contributed by atoms with Gasteiger partial charge in [0.15, 0.2) is 0 Å². The first-order chi connectivity index (χ1) is 9.54. The van der Waals surface area contributed by atoms with Crippen LogP contribution in [0.2, 0.25) is 0 Å². The van der Waals surface area contributed by atoms with Gasteiger partial charge in [-0.25, -0.2) is 0 Å². The van der Waals surface area contributed by atoms with Gasteiger partial charge in [-0.3, -0.25) is 4.68 Å². The summed E-state index contributed by atoms with van der Waals surface area (Å²) in [6.07, 6.45) is 2.98. The summed E-state index contributed by atoms with van der Waals surface area (Å²) in [6, 6.07) is 2.52. The van der Waals surface area contributed by atoms with Crippen LogP contribution in [0, 0.1) is 0 Å². The molecule has 1 aromatic heterocycles. The lowest BCUT2D eigenvalue weighted by Gasteiger charge is -2.09. The number of nitrogens with zero attached hydrogens (tertiary/aromatic N) is 2. The molecular formula is C14H22F3N3. The van der Waals surface area contributed by atoms with Crippen molar-refractivity contribution in [2.75, 3.05) is 6.54 Å². The van der Waals surface area contributed by atoms with Crippen LogP contribution in [-0.2, 0) is 6.54 Å². The predicted octanol–water partition coefficient (Wildman–Crippen LogP) is 3.82. The Bertz CT molecular complexity index is 395. The molecule has 114 valence electrons. The first-order valence-corrected chi connectivity index (χ1v) is 7.36. The van der Waals surface area contributed by atoms with E-state index in [0.29, 0.717) is 25.6 Å². The topological polar surface area (TPSA) is 29.9 Å². The van der Waals surface area contributed by atoms with Gasteiger partial charge in [0.05, 0.1) is 11.7 Å². The molecule has 1 fully saturated rings. The van der Waals surface area contributed by atoms with Crippen LogP contribution in [0.5, 0.6) is 0 Å². The maximum atomic E-state index is 11.9. The minimum absolute atomic E-state index is 0.188. The van der Waals surface area contributed by atoms with Gasteiger partial charge in [0.1, 0.15) is 0 Å². The molecule has 3 nitrogen and oxygen atoms in total. The van der Waals surface area contributed by atoms with Crippen molar-refractivity contribution >= 4 is 0 Å². The Balaban J connectivity index is 1.60. The van der Waals surface area contributed by atoms with Crippen molar-refractivity contribution in [1.29, 1.82) is 0 Å². The molecule has 20 heavy (non-hydrogen) atoms. The number of alkyl halides is 3. The van der Waals surface area contributed by atoms with Gasteiger partial charge in [-0.15, -0.1) is 0 Å². The molecule has 0 aromatic carbocycles. The van der Waals surface area contributed by atoms with E-state index in [1.54, 1.807) is 0 Å². The number of hydrogen-bond acceptors (Lipinski definition) is 2. The largest absolute Gasteiger partial charge is 0.389 e. The highest BCUT2D eigenvalue weighted by atomic mass is 19.4. The zero-order chi connectivity index (χ0) is 14.4. The molecule has 1 aliphatic rings. The summed E-state index contributed by atoms with van der Waals surface area (Å²) >= 11 is 0. The molecule has 1 saturated carbocycles. The summed E-state index contributed by atoms with van der Waals surface area (Å²) < 4.78 is 37.9. The Morgan fingerprint density at radius 1 is 1.25 bits per heavy atom. The molecule has 1 aromatic rings. The number of rotatable bonds is 7. The molecule has 2 rings (SSSR count). The van der Waals surface area contributed by atoms with Gasteiger partial charge in [0.2, 0.25) is 0 Å². The fraction of sp³-hybridized carbons (Fsp3) is 0.786. The molecule has 0 atom stereocenters. The van der Waals surface area contributed by atoms with Gasteiger partial charge in [-0.05, 0) is 38.3 Å². The lowest BCUT2D eigenvalue weighted by Crippen LogP contribution is -2.16. The molecule has 0 spiro atoms. The van der Waals surface area contributed by atoms with E-state index in [0.717, 1.165) is 5.69 Å². The van der Waals surface area contributed by atoms with Crippen molar-refractivity contribution in [3.8, 4) is 0 Å². The lowest BCUT2D eigenvalue weighted by molar-refractivity contribution is -0.135. The van der Waals surface area contributed by atoms with Crippen LogP contribution in [0.3, 0.4) is 0 Å². The maximum Gasteiger partial charge on any atom is 0.389 e. The van der Waals surface area contributed by atoms with Crippen LogP contribution in [0.1, 0.15) is 56.7 Å². The smallest absolute Gasteiger partial charge is 0.311 e. The van der Waals surface area contributed by atoms with Crippen molar-refractivity contribution in [1.82, 2.24) is 15.1 Å². The van der Waals surface area contributed by atoms with Gasteiger partial charge < -0.3 is 5.32 Å². The molecule has 0 radical (unpaired) electrons. The number of hydrogen-bond donors (Lipinski definition) is 1. The van der Waals surface area contributed by atoms with E-state index >= 15 is 0 Å². The Kier molecular flexibility index (Phi) is 5.46. The molecule has 0 amide bonds. The average Bonchev–Trinajstić information content (AvgIpc) is 3.02. The zero-order valence-electron chi connectivity index (χ0n) is 11.6. The quantitative estimate of drug-likeness (QED) is 0.773. The Hall–Kier alpha value is -1.04. The summed E-state index contributed by atoms with van der Waals surface area (Å²) in [5.74, 6) is 0. The highest BCUT2D eigenvalue weighted by molar-refractivity contribution is 4.99. The second kappa shape index (κ2) is 7.11. The fourth-order valence-corrected chi connectivity index (χ4v) is 2.64. The van der Waals surface area contributed by atoms with Crippen molar-refractivity contribution in [3.63, 3.8) is 0 Å². The third kappa shape index (κ3) is 5.15. The van der Waals surface area contributed by atoms with Crippen LogP contribution < -0.4 is 5.32 Å². The van der Waals surface area contributed by atoms with Crippen LogP contribution in [-0.4, -0.2) is 22.5 Å². The highest BCUT2D eigenvalue weighted by Crippen LogP contribution is 2.28. The van der Waals surface area contributed by atoms with Gasteiger partial charge in [-0.1, -0.05) is 12.8 Å². The van der Waals surface area contributed by atoms with E-state index in [4.69, 9.17) is 0 Å². The number of nitrogens with one attached hydrogen (secondary N) is 1. The van der Waals surface area contributed by atoms with Gasteiger partial charge >= 0.3 is 6.18 Å². The minimum Gasteiger partial charge on any atom is -0.311 e. The molecular weight excluding hydrogens is 267 g/mol. The molecule has 1 heterocycles. The standard InChI is InChI=1S/C14H22F3N3/c15-14(16,17)8-3-4-9-18-11-12-7-10-20(19-12)13-5-1-2-6-13/h7,10,13,18H,1-6,8-9,11H2. The first kappa shape index (κ1) is 15.4. The molecule has 1 N–H and O–H groups in total. The van der Waals surface area contributed by atoms with Crippen molar-refractivity contribution < 1.29 is 13.2 Å². The van der Waals surface area contributed by atoms with Gasteiger partial charge in [0.25, 0.3) is 0 Å². The van der Waals surface area contributed by atoms with Crippen LogP contribution in [0.15, 0.2) is 12.3 Å². The van der Waals surface area contributed by atoms with Gasteiger partial charge in [-0.2, -0.15) is 18.3 Å². The molecule has 0 saturated heterocycles. The first-order valence-electron chi connectivity index (χ1n) is 7.36. The summed E-state index contributed by atoms with van der Waals surface area (Å²) in [4.78, 5) is 0. The zero-order valence-corrected chi connectivity index (χ0v) is 11.6. The Morgan fingerprint density at radius 3 is 2.70 bits per heavy atom. The molecule has 0 unspecified atom stereocenters. The predicted molar refractivity (Wildman–Crippen MR) is 71.3 cm³/mol. The van der Waals surface area contributed by atoms with Crippen LogP contribution in [0.25, 0.3) is 0 Å². The fourth-order valence-electron chi connectivity index (χ4n) is 2.64. The van der Waals surface area contributed by atoms with Crippen molar-refractivity contribution in [2.24, 2.45) is 0 Å². The number of unbranched alkanes of at least 4 members (excludes halogenated alkanes) is 1. The molecule has 0 aliphatic heterocycles. The second-order valence-corrected chi connectivity index (χ2v) is 5.47. The SMILES string of the molecule is FC(F)(F)CCCCNCc1ccn(C2CCCC2)n1. The summed E-state index contributed by atoms with van der Waals surface area (Å²) in [7, 11) is 0. The third-order valence-electron chi connectivity index (χ3n) is 3.73. The highest BCUT2D eigenvalue weighted by Gasteiger charge is 2.25. The maximum absolute atomic E-state index is 11.9. The molecule has 0 bridgehead atoms. The monoisotopic (exact) mass is 289 g/mol. The Labute approximate surface area is 117 Å². The van der Waals surface area contributed by atoms with E-state index in [-0.39, 0.29) is 6.42 Å². The third-order valence-corrected chi connectivity index (χ3v) is 3.73. The number of aromatic nitrogens is 2. The Morgan fingerprint density at radius 2 is 2.00 bits per heavy atom. The average molecular weight is 289 g/mol. The van der Waals surface area contributed by atoms with Crippen molar-refractivity contribution in [2.45, 2.75) is 63.7 Å². The summed E-state index contributed by atoms with van der Waals surface area (Å²) in [5, 5.41) is 7.67. The molecule has 1 aliphatic carbocycles.